The molecule has 0 spiro atoms. The molecule has 0 saturated heterocycles. The third-order valence-corrected chi connectivity index (χ3v) is 3.94. The van der Waals surface area contributed by atoms with E-state index in [-0.39, 0.29) is 24.6 Å². The van der Waals surface area contributed by atoms with Gasteiger partial charge in [0.1, 0.15) is 5.75 Å². The molecule has 10 nitrogen and oxygen atoms in total. The highest BCUT2D eigenvalue weighted by atomic mass is 31.2. The van der Waals surface area contributed by atoms with Crippen LogP contribution in [0.25, 0.3) is 0 Å². The lowest BCUT2D eigenvalue weighted by Crippen LogP contribution is -2.27. The summed E-state index contributed by atoms with van der Waals surface area (Å²) in [4.78, 5) is 49.6. The number of ketones is 1. The van der Waals surface area contributed by atoms with E-state index in [4.69, 9.17) is 20.0 Å². The van der Waals surface area contributed by atoms with Crippen molar-refractivity contribution in [3.8, 4) is 5.75 Å². The molecule has 0 radical (unpaired) electrons. The van der Waals surface area contributed by atoms with Gasteiger partial charge in [-0.2, -0.15) is 0 Å². The van der Waals surface area contributed by atoms with Gasteiger partial charge in [-0.3, -0.25) is 29.5 Å². The Kier molecular flexibility index (Phi) is 9.35. The van der Waals surface area contributed by atoms with Crippen LogP contribution in [-0.2, 0) is 14.2 Å². The normalized spacial score (nSPS) is 10.5. The van der Waals surface area contributed by atoms with Crippen LogP contribution in [0.3, 0.4) is 0 Å². The van der Waals surface area contributed by atoms with E-state index in [1.807, 2.05) is 6.07 Å². The molecule has 0 unspecified atom stereocenters. The highest BCUT2D eigenvalue weighted by Crippen LogP contribution is 2.41. The maximum Gasteiger partial charge on any atom is 0.524 e. The summed E-state index contributed by atoms with van der Waals surface area (Å²) in [5.74, 6) is -2.16. The van der Waals surface area contributed by atoms with Crippen molar-refractivity contribution in [3.05, 3.63) is 64.7 Å². The molecular formula is C19H22NO9P. The van der Waals surface area contributed by atoms with Gasteiger partial charge in [0, 0.05) is 11.1 Å². The summed E-state index contributed by atoms with van der Waals surface area (Å²) in [6.07, 6.45) is 0. The fraction of sp³-hybridized carbons (Fsp3) is 0.211. The van der Waals surface area contributed by atoms with Gasteiger partial charge in [-0.25, -0.2) is 4.57 Å². The van der Waals surface area contributed by atoms with E-state index in [2.05, 4.69) is 9.84 Å². The lowest BCUT2D eigenvalue weighted by Gasteiger charge is -2.14. The van der Waals surface area contributed by atoms with E-state index in [1.165, 1.54) is 0 Å². The summed E-state index contributed by atoms with van der Waals surface area (Å²) in [5.41, 5.74) is 2.00. The largest absolute Gasteiger partial charge is 0.524 e. The number of benzene rings is 2. The Labute approximate surface area is 172 Å². The lowest BCUT2D eigenvalue weighted by molar-refractivity contribution is -0.137. The number of carboxylic acid groups (broad SMARTS) is 2. The van der Waals surface area contributed by atoms with Crippen molar-refractivity contribution >= 4 is 25.5 Å². The topological polar surface area (TPSA) is 170 Å². The van der Waals surface area contributed by atoms with Crippen LogP contribution in [-0.4, -0.2) is 50.8 Å². The number of nitrogens with one attached hydrogen (secondary N) is 1. The van der Waals surface area contributed by atoms with E-state index in [0.717, 1.165) is 0 Å². The molecule has 0 aromatic heterocycles. The van der Waals surface area contributed by atoms with Gasteiger partial charge in [0.2, 0.25) is 0 Å². The Bertz CT molecular complexity index is 917. The minimum absolute atomic E-state index is 0.105. The molecule has 0 bridgehead atoms. The predicted octanol–water partition coefficient (Wildman–Crippen LogP) is 1.75. The highest BCUT2D eigenvalue weighted by Gasteiger charge is 2.20. The first-order valence-corrected chi connectivity index (χ1v) is 10.0. The Morgan fingerprint density at radius 2 is 1.37 bits per heavy atom. The number of carboxylic acids is 2. The van der Waals surface area contributed by atoms with Crippen LogP contribution in [0.4, 0.5) is 0 Å². The number of rotatable bonds is 8. The van der Waals surface area contributed by atoms with Crippen molar-refractivity contribution in [2.24, 2.45) is 0 Å². The molecule has 2 aromatic rings. The summed E-state index contributed by atoms with van der Waals surface area (Å²) < 4.78 is 15.6. The SMILES string of the molecule is Cc1cc(C(=O)c2ccccc2)cc(C)c1OP(=O)(O)O.O=C(O)CNCC(=O)O. The van der Waals surface area contributed by atoms with E-state index >= 15 is 0 Å². The molecule has 0 fully saturated rings. The molecule has 5 N–H and O–H groups in total. The van der Waals surface area contributed by atoms with Gasteiger partial charge in [-0.05, 0) is 37.1 Å². The average molecular weight is 439 g/mol. The molecule has 0 atom stereocenters. The second-order valence-corrected chi connectivity index (χ2v) is 7.27. The van der Waals surface area contributed by atoms with Crippen molar-refractivity contribution in [1.82, 2.24) is 5.32 Å². The number of hydrogen-bond acceptors (Lipinski definition) is 6. The first-order valence-electron chi connectivity index (χ1n) is 8.51. The second-order valence-electron chi connectivity index (χ2n) is 6.11. The monoisotopic (exact) mass is 439 g/mol. The molecule has 2 rings (SSSR count). The molecule has 0 aliphatic carbocycles. The number of aliphatic carboxylic acids is 2. The maximum atomic E-state index is 12.4. The van der Waals surface area contributed by atoms with E-state index in [9.17, 15) is 18.9 Å². The minimum atomic E-state index is -4.62. The molecule has 0 aliphatic heterocycles. The molecule has 0 heterocycles. The fourth-order valence-electron chi connectivity index (χ4n) is 2.38. The zero-order chi connectivity index (χ0) is 22.9. The average Bonchev–Trinajstić information content (AvgIpc) is 2.64. The smallest absolute Gasteiger partial charge is 0.480 e. The van der Waals surface area contributed by atoms with E-state index < -0.39 is 19.8 Å². The van der Waals surface area contributed by atoms with Crippen LogP contribution in [0.15, 0.2) is 42.5 Å². The van der Waals surface area contributed by atoms with Crippen molar-refractivity contribution in [2.75, 3.05) is 13.1 Å². The van der Waals surface area contributed by atoms with Gasteiger partial charge in [0.15, 0.2) is 5.78 Å². The van der Waals surface area contributed by atoms with E-state index in [1.54, 1.807) is 50.2 Å². The van der Waals surface area contributed by atoms with Crippen LogP contribution >= 0.6 is 7.82 Å². The Balaban J connectivity index is 0.000000424. The number of aryl methyl sites for hydroxylation is 2. The van der Waals surface area contributed by atoms with Crippen molar-refractivity contribution in [3.63, 3.8) is 0 Å². The first kappa shape index (κ1) is 25.0. The van der Waals surface area contributed by atoms with Gasteiger partial charge in [0.25, 0.3) is 0 Å². The van der Waals surface area contributed by atoms with Crippen LogP contribution in [0.2, 0.25) is 0 Å². The van der Waals surface area contributed by atoms with Gasteiger partial charge >= 0.3 is 19.8 Å². The number of carbonyl (C=O) groups is 3. The summed E-state index contributed by atoms with van der Waals surface area (Å²) in [7, 11) is -4.62. The predicted molar refractivity (Wildman–Crippen MR) is 107 cm³/mol. The minimum Gasteiger partial charge on any atom is -0.480 e. The standard InChI is InChI=1S/C15H15O5P.C4H7NO4/c1-10-8-13(14(16)12-6-4-3-5-7-12)9-11(2)15(10)20-21(17,18)19;6-3(7)1-5-2-4(8)9/h3-9H,1-2H3,(H2,17,18,19);5H,1-2H2,(H,6,7)(H,8,9). The lowest BCUT2D eigenvalue weighted by atomic mass is 9.99. The summed E-state index contributed by atoms with van der Waals surface area (Å²) >= 11 is 0. The number of hydrogen-bond donors (Lipinski definition) is 5. The molecular weight excluding hydrogens is 417 g/mol. The zero-order valence-electron chi connectivity index (χ0n) is 16.2. The first-order chi connectivity index (χ1) is 13.9. The van der Waals surface area contributed by atoms with Crippen molar-refractivity contribution in [1.29, 1.82) is 0 Å². The number of phosphoric acid groups is 1. The van der Waals surface area contributed by atoms with Crippen LogP contribution < -0.4 is 9.84 Å². The summed E-state index contributed by atoms with van der Waals surface area (Å²) in [6, 6.07) is 11.9. The van der Waals surface area contributed by atoms with Gasteiger partial charge in [-0.15, -0.1) is 0 Å². The van der Waals surface area contributed by atoms with Crippen molar-refractivity contribution in [2.45, 2.75) is 13.8 Å². The van der Waals surface area contributed by atoms with Gasteiger partial charge < -0.3 is 14.7 Å². The molecule has 0 amide bonds. The third kappa shape index (κ3) is 8.97. The number of phosphoric ester groups is 1. The molecule has 0 aliphatic rings. The van der Waals surface area contributed by atoms with Crippen LogP contribution in [0.1, 0.15) is 27.0 Å². The Hall–Kier alpha value is -3.04. The Morgan fingerprint density at radius 1 is 0.900 bits per heavy atom. The summed E-state index contributed by atoms with van der Waals surface area (Å²) in [6.45, 7) is 2.65. The molecule has 11 heteroatoms. The van der Waals surface area contributed by atoms with Crippen LogP contribution in [0.5, 0.6) is 5.75 Å². The summed E-state index contributed by atoms with van der Waals surface area (Å²) in [5, 5.41) is 18.1. The maximum absolute atomic E-state index is 12.4. The molecule has 2 aromatic carbocycles. The quantitative estimate of drug-likeness (QED) is 0.301. The van der Waals surface area contributed by atoms with Crippen molar-refractivity contribution < 1.29 is 43.5 Å². The molecule has 0 saturated carbocycles. The second kappa shape index (κ2) is 11.2. The third-order valence-electron chi connectivity index (χ3n) is 3.52. The van der Waals surface area contributed by atoms with E-state index in [0.29, 0.717) is 22.3 Å². The highest BCUT2D eigenvalue weighted by molar-refractivity contribution is 7.46. The zero-order valence-corrected chi connectivity index (χ0v) is 17.1. The van der Waals surface area contributed by atoms with Gasteiger partial charge in [0.05, 0.1) is 13.1 Å². The number of carbonyl (C=O) groups excluding carboxylic acids is 1. The Morgan fingerprint density at radius 3 is 1.77 bits per heavy atom. The van der Waals surface area contributed by atoms with Crippen LogP contribution in [0, 0.1) is 13.8 Å². The molecule has 162 valence electrons. The van der Waals surface area contributed by atoms with Gasteiger partial charge in [-0.1, -0.05) is 30.3 Å². The fourth-order valence-corrected chi connectivity index (χ4v) is 2.90. The molecule has 30 heavy (non-hydrogen) atoms.